The van der Waals surface area contributed by atoms with Crippen LogP contribution < -0.4 is 10.9 Å². The van der Waals surface area contributed by atoms with Gasteiger partial charge in [-0.1, -0.05) is 19.8 Å². The van der Waals surface area contributed by atoms with Crippen molar-refractivity contribution in [2.24, 2.45) is 0 Å². The normalized spacial score (nSPS) is 11.9. The molecule has 0 radical (unpaired) electrons. The summed E-state index contributed by atoms with van der Waals surface area (Å²) in [6.45, 7) is 11.0. The molecule has 2 aromatic heterocycles. The van der Waals surface area contributed by atoms with Crippen molar-refractivity contribution in [2.45, 2.75) is 72.4 Å². The van der Waals surface area contributed by atoms with Gasteiger partial charge in [0.05, 0.1) is 11.7 Å². The van der Waals surface area contributed by atoms with Gasteiger partial charge in [-0.2, -0.15) is 5.10 Å². The highest BCUT2D eigenvalue weighted by Crippen LogP contribution is 2.18. The molecule has 0 aliphatic rings. The molecule has 2 heterocycles. The Labute approximate surface area is 148 Å². The van der Waals surface area contributed by atoms with E-state index in [9.17, 15) is 9.59 Å². The maximum Gasteiger partial charge on any atom is 0.264 e. The molecule has 0 atom stereocenters. The Morgan fingerprint density at radius 2 is 2.00 bits per heavy atom. The Bertz CT molecular complexity index is 798. The van der Waals surface area contributed by atoms with Gasteiger partial charge >= 0.3 is 0 Å². The highest BCUT2D eigenvalue weighted by atomic mass is 16.1. The van der Waals surface area contributed by atoms with Crippen LogP contribution in [0.25, 0.3) is 11.0 Å². The van der Waals surface area contributed by atoms with Gasteiger partial charge in [0.25, 0.3) is 5.56 Å². The Morgan fingerprint density at radius 1 is 1.28 bits per heavy atom. The summed E-state index contributed by atoms with van der Waals surface area (Å²) in [7, 11) is 0. The third kappa shape index (κ3) is 4.46. The molecule has 0 aliphatic carbocycles. The SMILES string of the molecule is CCCCCNC(=O)CCn1c(C)nc2c(cnn2C(C)(C)C)c1=O. The van der Waals surface area contributed by atoms with Crippen LogP contribution >= 0.6 is 0 Å². The zero-order valence-electron chi connectivity index (χ0n) is 15.9. The van der Waals surface area contributed by atoms with Crippen LogP contribution in [-0.2, 0) is 16.9 Å². The third-order valence-corrected chi connectivity index (χ3v) is 4.18. The second-order valence-electron chi connectivity index (χ2n) is 7.39. The van der Waals surface area contributed by atoms with Crippen LogP contribution in [0.2, 0.25) is 0 Å². The first-order chi connectivity index (χ1) is 11.8. The van der Waals surface area contributed by atoms with Gasteiger partial charge in [0, 0.05) is 19.5 Å². The van der Waals surface area contributed by atoms with Crippen LogP contribution in [0.5, 0.6) is 0 Å². The molecule has 0 aromatic carbocycles. The zero-order chi connectivity index (χ0) is 18.6. The fraction of sp³-hybridized carbons (Fsp3) is 0.667. The molecular formula is C18H29N5O2. The molecule has 0 saturated heterocycles. The van der Waals surface area contributed by atoms with Crippen molar-refractivity contribution in [2.75, 3.05) is 6.54 Å². The van der Waals surface area contributed by atoms with E-state index in [1.807, 2.05) is 20.8 Å². The number of carbonyl (C=O) groups excluding carboxylic acids is 1. The van der Waals surface area contributed by atoms with E-state index in [4.69, 9.17) is 0 Å². The molecule has 0 aliphatic heterocycles. The molecule has 0 saturated carbocycles. The van der Waals surface area contributed by atoms with E-state index in [0.717, 1.165) is 19.3 Å². The van der Waals surface area contributed by atoms with Crippen LogP contribution in [-0.4, -0.2) is 31.8 Å². The molecule has 0 unspecified atom stereocenters. The first-order valence-corrected chi connectivity index (χ1v) is 8.98. The quantitative estimate of drug-likeness (QED) is 0.780. The first-order valence-electron chi connectivity index (χ1n) is 8.98. The molecule has 7 nitrogen and oxygen atoms in total. The minimum atomic E-state index is -0.252. The second kappa shape index (κ2) is 7.80. The van der Waals surface area contributed by atoms with E-state index in [1.54, 1.807) is 22.4 Å². The number of nitrogens with zero attached hydrogens (tertiary/aromatic N) is 4. The average molecular weight is 347 g/mol. The second-order valence-corrected chi connectivity index (χ2v) is 7.39. The third-order valence-electron chi connectivity index (χ3n) is 4.18. The van der Waals surface area contributed by atoms with Crippen molar-refractivity contribution in [3.8, 4) is 0 Å². The number of nitrogens with one attached hydrogen (secondary N) is 1. The summed E-state index contributed by atoms with van der Waals surface area (Å²) in [5, 5.41) is 7.71. The summed E-state index contributed by atoms with van der Waals surface area (Å²) in [5.74, 6) is 0.565. The molecular weight excluding hydrogens is 318 g/mol. The molecule has 0 bridgehead atoms. The molecule has 2 rings (SSSR count). The monoisotopic (exact) mass is 347 g/mol. The van der Waals surface area contributed by atoms with E-state index in [-0.39, 0.29) is 23.4 Å². The Morgan fingerprint density at radius 3 is 2.64 bits per heavy atom. The van der Waals surface area contributed by atoms with Gasteiger partial charge in [-0.25, -0.2) is 9.67 Å². The van der Waals surface area contributed by atoms with E-state index >= 15 is 0 Å². The number of unbranched alkanes of at least 4 members (excludes halogenated alkanes) is 2. The summed E-state index contributed by atoms with van der Waals surface area (Å²) in [6.07, 6.45) is 5.06. The van der Waals surface area contributed by atoms with Crippen molar-refractivity contribution in [1.82, 2.24) is 24.6 Å². The van der Waals surface area contributed by atoms with Crippen molar-refractivity contribution in [3.05, 3.63) is 22.4 Å². The van der Waals surface area contributed by atoms with Crippen molar-refractivity contribution < 1.29 is 4.79 Å². The summed E-state index contributed by atoms with van der Waals surface area (Å²) < 4.78 is 3.32. The fourth-order valence-electron chi connectivity index (χ4n) is 2.77. The molecule has 1 N–H and O–H groups in total. The van der Waals surface area contributed by atoms with E-state index in [1.165, 1.54) is 0 Å². The summed E-state index contributed by atoms with van der Waals surface area (Å²) in [4.78, 5) is 29.2. The van der Waals surface area contributed by atoms with Crippen LogP contribution in [0.4, 0.5) is 0 Å². The Balaban J connectivity index is 2.15. The minimum absolute atomic E-state index is 0.0344. The van der Waals surface area contributed by atoms with Crippen molar-refractivity contribution in [3.63, 3.8) is 0 Å². The zero-order valence-corrected chi connectivity index (χ0v) is 15.9. The van der Waals surface area contributed by atoms with E-state index < -0.39 is 0 Å². The van der Waals surface area contributed by atoms with Gasteiger partial charge in [0.2, 0.25) is 5.91 Å². The lowest BCUT2D eigenvalue weighted by atomic mass is 10.1. The number of rotatable bonds is 7. The molecule has 25 heavy (non-hydrogen) atoms. The number of aryl methyl sites for hydroxylation is 1. The number of hydrogen-bond donors (Lipinski definition) is 1. The van der Waals surface area contributed by atoms with E-state index in [0.29, 0.717) is 29.9 Å². The smallest absolute Gasteiger partial charge is 0.264 e. The van der Waals surface area contributed by atoms with Gasteiger partial charge in [-0.05, 0) is 34.1 Å². The highest BCUT2D eigenvalue weighted by Gasteiger charge is 2.21. The van der Waals surface area contributed by atoms with Crippen molar-refractivity contribution >= 4 is 16.9 Å². The molecule has 138 valence electrons. The van der Waals surface area contributed by atoms with Crippen LogP contribution in [0.3, 0.4) is 0 Å². The largest absolute Gasteiger partial charge is 0.356 e. The predicted molar refractivity (Wildman–Crippen MR) is 98.7 cm³/mol. The molecule has 0 spiro atoms. The first kappa shape index (κ1) is 19.1. The van der Waals surface area contributed by atoms with Gasteiger partial charge in [0.15, 0.2) is 5.65 Å². The maximum atomic E-state index is 12.7. The molecule has 1 amide bonds. The summed E-state index contributed by atoms with van der Waals surface area (Å²) >= 11 is 0. The lowest BCUT2D eigenvalue weighted by Gasteiger charge is -2.20. The molecule has 0 fully saturated rings. The number of aromatic nitrogens is 4. The van der Waals surface area contributed by atoms with Gasteiger partial charge in [-0.3, -0.25) is 14.2 Å². The number of carbonyl (C=O) groups is 1. The van der Waals surface area contributed by atoms with Crippen LogP contribution in [0.15, 0.2) is 11.0 Å². The number of fused-ring (bicyclic) bond motifs is 1. The maximum absolute atomic E-state index is 12.7. The summed E-state index contributed by atoms with van der Waals surface area (Å²) in [5.41, 5.74) is 0.199. The van der Waals surface area contributed by atoms with E-state index in [2.05, 4.69) is 22.3 Å². The standard InChI is InChI=1S/C18H29N5O2/c1-6-7-8-10-19-15(24)9-11-22-13(2)21-16-14(17(22)25)12-20-23(16)18(3,4)5/h12H,6-11H2,1-5H3,(H,19,24). The Kier molecular flexibility index (Phi) is 5.98. The number of hydrogen-bond acceptors (Lipinski definition) is 4. The highest BCUT2D eigenvalue weighted by molar-refractivity contribution is 5.76. The summed E-state index contributed by atoms with van der Waals surface area (Å²) in [6, 6.07) is 0. The number of amides is 1. The van der Waals surface area contributed by atoms with Crippen molar-refractivity contribution in [1.29, 1.82) is 0 Å². The van der Waals surface area contributed by atoms with Gasteiger partial charge in [-0.15, -0.1) is 0 Å². The molecule has 7 heteroatoms. The van der Waals surface area contributed by atoms with Crippen LogP contribution in [0, 0.1) is 6.92 Å². The van der Waals surface area contributed by atoms with Gasteiger partial charge in [0.1, 0.15) is 11.2 Å². The lowest BCUT2D eigenvalue weighted by molar-refractivity contribution is -0.121. The fourth-order valence-corrected chi connectivity index (χ4v) is 2.77. The average Bonchev–Trinajstić information content (AvgIpc) is 2.95. The predicted octanol–water partition coefficient (Wildman–Crippen LogP) is 2.35. The lowest BCUT2D eigenvalue weighted by Crippen LogP contribution is -2.30. The topological polar surface area (TPSA) is 81.8 Å². The Hall–Kier alpha value is -2.18. The van der Waals surface area contributed by atoms with Crippen LogP contribution in [0.1, 0.15) is 59.2 Å². The molecule has 2 aromatic rings. The minimum Gasteiger partial charge on any atom is -0.356 e. The van der Waals surface area contributed by atoms with Gasteiger partial charge < -0.3 is 5.32 Å².